The molecule has 8 heteroatoms. The molecule has 0 saturated carbocycles. The Morgan fingerprint density at radius 1 is 0.341 bits per heavy atom. The molecule has 0 aromatic carbocycles. The number of rotatable bonds is 21. The van der Waals surface area contributed by atoms with Crippen LogP contribution in [0, 0.1) is 31.1 Å². The predicted octanol–water partition coefficient (Wildman–Crippen LogP) is 11.9. The van der Waals surface area contributed by atoms with Gasteiger partial charge in [-0.2, -0.15) is 0 Å². The minimum atomic E-state index is -1.74. The number of hydrogen-bond donors (Lipinski definition) is 0. The first kappa shape index (κ1) is 44.7. The van der Waals surface area contributed by atoms with Crippen LogP contribution in [0.4, 0.5) is 0 Å². The molecule has 0 heterocycles. The van der Waals surface area contributed by atoms with Crippen molar-refractivity contribution in [3.05, 3.63) is 14.9 Å². The zero-order valence-electron chi connectivity index (χ0n) is 31.2. The Morgan fingerprint density at radius 3 is 0.610 bits per heavy atom. The third-order valence-corrected chi connectivity index (χ3v) is 29.7. The van der Waals surface area contributed by atoms with E-state index in [0.717, 1.165) is 39.3 Å². The van der Waals surface area contributed by atoms with Crippen LogP contribution in [0.1, 0.15) is 125 Å². The van der Waals surface area contributed by atoms with Gasteiger partial charge in [0.15, 0.2) is 0 Å². The van der Waals surface area contributed by atoms with Crippen LogP contribution in [-0.4, -0.2) is 68.9 Å². The molecule has 0 atom stereocenters. The van der Waals surface area contributed by atoms with Gasteiger partial charge in [-0.05, 0) is 44.3 Å². The van der Waals surface area contributed by atoms with Gasteiger partial charge in [-0.25, -0.2) is 0 Å². The predicted molar refractivity (Wildman–Crippen MR) is 194 cm³/mol. The summed E-state index contributed by atoms with van der Waals surface area (Å²) < 4.78 is 0. The van der Waals surface area contributed by atoms with Gasteiger partial charge < -0.3 is 19.8 Å². The third-order valence-electron chi connectivity index (χ3n) is 10.7. The Balaban J connectivity index is 0. The first-order chi connectivity index (χ1) is 18.3. The van der Waals surface area contributed by atoms with Crippen LogP contribution in [0.25, 0.3) is 14.9 Å². The molecule has 0 bridgehead atoms. The Hall–Kier alpha value is 1.54. The standard InChI is InChI=1S/C33H75N4Si3.U/c1-25(2)38(26(3)4,27(5)6)34-19-22-37(23-20-35-39(28(7)8,29(9)10)30(11)12)24-21-36-40(31(13)14,32(15)16)33(17)18;/h25-33H,19-24H2,1-18H3;/q-3;+3. The van der Waals surface area contributed by atoms with Gasteiger partial charge in [0, 0.05) is 0 Å². The molecule has 0 aromatic heterocycles. The number of hydrogen-bond acceptors (Lipinski definition) is 1. The summed E-state index contributed by atoms with van der Waals surface area (Å²) in [7, 11) is -5.22. The van der Waals surface area contributed by atoms with Gasteiger partial charge >= 0.3 is 31.1 Å². The molecule has 243 valence electrons. The Kier molecular flexibility index (Phi) is 21.7. The van der Waals surface area contributed by atoms with E-state index < -0.39 is 24.7 Å². The first-order valence-corrected chi connectivity index (χ1v) is 23.6. The summed E-state index contributed by atoms with van der Waals surface area (Å²) in [4.78, 5) is 19.6. The molecule has 0 aliphatic carbocycles. The van der Waals surface area contributed by atoms with E-state index in [1.165, 1.54) is 0 Å². The fourth-order valence-corrected chi connectivity index (χ4v) is 25.9. The summed E-state index contributed by atoms with van der Waals surface area (Å²) in [5, 5.41) is 0. The third kappa shape index (κ3) is 11.1. The van der Waals surface area contributed by atoms with Gasteiger partial charge in [-0.3, -0.25) is 0 Å². The average Bonchev–Trinajstić information content (AvgIpc) is 2.79. The van der Waals surface area contributed by atoms with Crippen LogP contribution < -0.4 is 0 Å². The van der Waals surface area contributed by atoms with Gasteiger partial charge in [0.05, 0.1) is 0 Å². The maximum Gasteiger partial charge on any atom is 3.00 e. The molecular formula is C33H75N4Si3U. The molecule has 0 spiro atoms. The van der Waals surface area contributed by atoms with Crippen molar-refractivity contribution < 1.29 is 31.1 Å². The monoisotopic (exact) mass is 850 g/mol. The van der Waals surface area contributed by atoms with Crippen molar-refractivity contribution in [1.82, 2.24) is 4.90 Å². The molecule has 0 N–H and O–H groups in total. The van der Waals surface area contributed by atoms with Crippen LogP contribution in [0.2, 0.25) is 49.9 Å². The van der Waals surface area contributed by atoms with Crippen LogP contribution in [0.3, 0.4) is 0 Å². The van der Waals surface area contributed by atoms with E-state index in [4.69, 9.17) is 14.9 Å². The normalized spacial score (nSPS) is 14.0. The van der Waals surface area contributed by atoms with E-state index in [9.17, 15) is 0 Å². The van der Waals surface area contributed by atoms with Crippen LogP contribution in [-0.2, 0) is 0 Å². The van der Waals surface area contributed by atoms with Crippen molar-refractivity contribution in [2.45, 2.75) is 174 Å². The SMILES string of the molecule is CC(C)[Si]([N-]CCN(CC[N-][Si](C(C)C)(C(C)C)C(C)C)CC[N-][Si](C(C)C)(C(C)C)C(C)C)(C(C)C)C(C)C.[U+3]. The van der Waals surface area contributed by atoms with E-state index in [1.807, 2.05) is 0 Å². The fourth-order valence-electron chi connectivity index (χ4n) is 9.13. The van der Waals surface area contributed by atoms with Crippen molar-refractivity contribution in [2.24, 2.45) is 0 Å². The summed E-state index contributed by atoms with van der Waals surface area (Å²) in [6.07, 6.45) is 0. The van der Waals surface area contributed by atoms with Crippen molar-refractivity contribution in [3.63, 3.8) is 0 Å². The first-order valence-electron chi connectivity index (χ1n) is 17.1. The van der Waals surface area contributed by atoms with Crippen molar-refractivity contribution >= 4 is 24.7 Å². The van der Waals surface area contributed by atoms with Crippen molar-refractivity contribution in [2.75, 3.05) is 39.3 Å². The molecule has 0 aromatic rings. The summed E-state index contributed by atoms with van der Waals surface area (Å²) in [5.74, 6) is 0. The second kappa shape index (κ2) is 19.9. The zero-order chi connectivity index (χ0) is 31.6. The molecular weight excluding hydrogens is 775 g/mol. The molecule has 1 radical (unpaired) electrons. The fraction of sp³-hybridized carbons (Fsp3) is 1.00. The molecule has 0 rings (SSSR count). The Bertz CT molecular complexity index is 526. The molecule has 4 nitrogen and oxygen atoms in total. The van der Waals surface area contributed by atoms with Gasteiger partial charge in [0.2, 0.25) is 0 Å². The van der Waals surface area contributed by atoms with Crippen molar-refractivity contribution in [3.8, 4) is 0 Å². The van der Waals surface area contributed by atoms with Gasteiger partial charge in [-0.1, -0.05) is 174 Å². The maximum absolute atomic E-state index is 5.63. The summed E-state index contributed by atoms with van der Waals surface area (Å²) in [6.45, 7) is 49.7. The second-order valence-electron chi connectivity index (χ2n) is 15.5. The van der Waals surface area contributed by atoms with Gasteiger partial charge in [0.25, 0.3) is 0 Å². The smallest absolute Gasteiger partial charge is 0.663 e. The van der Waals surface area contributed by atoms with E-state index in [0.29, 0.717) is 49.9 Å². The quantitative estimate of drug-likeness (QED) is 0.106. The van der Waals surface area contributed by atoms with Gasteiger partial charge in [0.1, 0.15) is 0 Å². The molecule has 0 saturated heterocycles. The topological polar surface area (TPSA) is 45.5 Å². The van der Waals surface area contributed by atoms with E-state index >= 15 is 0 Å². The van der Waals surface area contributed by atoms with E-state index in [-0.39, 0.29) is 31.1 Å². The second-order valence-corrected chi connectivity index (χ2v) is 32.2. The molecule has 0 aliphatic heterocycles. The Morgan fingerprint density at radius 2 is 0.488 bits per heavy atom. The molecule has 0 fully saturated rings. The molecule has 0 aliphatic rings. The van der Waals surface area contributed by atoms with Crippen LogP contribution >= 0.6 is 0 Å². The number of nitrogens with zero attached hydrogens (tertiary/aromatic N) is 4. The zero-order valence-corrected chi connectivity index (χ0v) is 38.4. The molecule has 41 heavy (non-hydrogen) atoms. The van der Waals surface area contributed by atoms with Crippen molar-refractivity contribution in [1.29, 1.82) is 0 Å². The summed E-state index contributed by atoms with van der Waals surface area (Å²) >= 11 is 0. The maximum atomic E-state index is 5.63. The van der Waals surface area contributed by atoms with E-state index in [1.54, 1.807) is 0 Å². The van der Waals surface area contributed by atoms with E-state index in [2.05, 4.69) is 130 Å². The van der Waals surface area contributed by atoms with Gasteiger partial charge in [-0.15, -0.1) is 19.6 Å². The summed E-state index contributed by atoms with van der Waals surface area (Å²) in [6, 6.07) is 0. The summed E-state index contributed by atoms with van der Waals surface area (Å²) in [5.41, 5.74) is 6.09. The van der Waals surface area contributed by atoms with Crippen LogP contribution in [0.15, 0.2) is 0 Å². The average molecular weight is 850 g/mol. The molecule has 0 amide bonds. The minimum Gasteiger partial charge on any atom is -0.663 e. The van der Waals surface area contributed by atoms with Crippen LogP contribution in [0.5, 0.6) is 0 Å². The minimum absolute atomic E-state index is 0. The molecule has 0 unspecified atom stereocenters. The largest absolute Gasteiger partial charge is 3.00 e. The Labute approximate surface area is 287 Å².